The van der Waals surface area contributed by atoms with Gasteiger partial charge in [0, 0.05) is 0 Å². The number of benzene rings is 1. The molecular formula is C17H22ClFN2. The van der Waals surface area contributed by atoms with E-state index in [1.807, 2.05) is 7.05 Å². The molecule has 0 aliphatic carbocycles. The van der Waals surface area contributed by atoms with Crippen LogP contribution in [0.2, 0.25) is 0 Å². The maximum absolute atomic E-state index is 13.7. The zero-order chi connectivity index (χ0) is 15.4. The third-order valence-corrected chi connectivity index (χ3v) is 4.28. The van der Waals surface area contributed by atoms with Gasteiger partial charge in [-0.2, -0.15) is 0 Å². The van der Waals surface area contributed by atoms with Gasteiger partial charge in [0.05, 0.1) is 5.69 Å². The summed E-state index contributed by atoms with van der Waals surface area (Å²) in [6.45, 7) is 4.82. The van der Waals surface area contributed by atoms with Crippen molar-refractivity contribution in [3.63, 3.8) is 0 Å². The Labute approximate surface area is 131 Å². The molecule has 1 N–H and O–H groups in total. The summed E-state index contributed by atoms with van der Waals surface area (Å²) in [5, 5.41) is 3.70. The van der Waals surface area contributed by atoms with Crippen molar-refractivity contribution in [3.05, 3.63) is 40.2 Å². The van der Waals surface area contributed by atoms with E-state index in [2.05, 4.69) is 17.2 Å². The van der Waals surface area contributed by atoms with Crippen molar-refractivity contribution in [2.75, 3.05) is 13.6 Å². The first kappa shape index (κ1) is 16.2. The van der Waals surface area contributed by atoms with Crippen LogP contribution in [0.1, 0.15) is 37.3 Å². The predicted octanol–water partition coefficient (Wildman–Crippen LogP) is 4.67. The molecule has 0 atom stereocenters. The first-order chi connectivity index (χ1) is 10.0. The number of nitrogens with one attached hydrogen (secondary N) is 1. The lowest BCUT2D eigenvalue weighted by atomic mass is 9.95. The van der Waals surface area contributed by atoms with Crippen LogP contribution in [0.25, 0.3) is 0 Å². The quantitative estimate of drug-likeness (QED) is 0.803. The number of hydrogen-bond acceptors (Lipinski definition) is 2. The van der Waals surface area contributed by atoms with E-state index in [1.54, 1.807) is 19.1 Å². The molecule has 21 heavy (non-hydrogen) atoms. The highest BCUT2D eigenvalue weighted by atomic mass is 35.5. The predicted molar refractivity (Wildman–Crippen MR) is 88.3 cm³/mol. The van der Waals surface area contributed by atoms with Gasteiger partial charge < -0.3 is 5.32 Å². The first-order valence-electron chi connectivity index (χ1n) is 7.39. The molecule has 0 radical (unpaired) electrons. The Morgan fingerprint density at radius 3 is 2.76 bits per heavy atom. The van der Waals surface area contributed by atoms with Crippen LogP contribution in [0.15, 0.2) is 28.3 Å². The molecule has 0 aromatic heterocycles. The summed E-state index contributed by atoms with van der Waals surface area (Å²) in [5.74, 6) is -0.170. The molecule has 1 heterocycles. The average Bonchev–Trinajstić information content (AvgIpc) is 2.44. The third kappa shape index (κ3) is 3.92. The third-order valence-electron chi connectivity index (χ3n) is 3.97. The Morgan fingerprint density at radius 1 is 1.29 bits per heavy atom. The van der Waals surface area contributed by atoms with E-state index in [0.717, 1.165) is 49.1 Å². The highest BCUT2D eigenvalue weighted by Crippen LogP contribution is 2.31. The summed E-state index contributed by atoms with van der Waals surface area (Å²) < 4.78 is 13.7. The molecule has 114 valence electrons. The van der Waals surface area contributed by atoms with Gasteiger partial charge in [-0.05, 0) is 82.0 Å². The number of fused-ring (bicyclic) bond motifs is 1. The average molecular weight is 309 g/mol. The lowest BCUT2D eigenvalue weighted by molar-refractivity contribution is 0.616. The standard InChI is InChI=1S/C17H22ClFN2/c1-11-6-7-13-10-15(19)12(2)9-16(13)21-17(18)14(11)5-4-8-20-3/h9-10,20H,4-8H2,1-3H3. The van der Waals surface area contributed by atoms with Crippen LogP contribution < -0.4 is 5.32 Å². The maximum Gasteiger partial charge on any atom is 0.132 e. The number of rotatable bonds is 4. The van der Waals surface area contributed by atoms with E-state index in [0.29, 0.717) is 10.7 Å². The number of nitrogens with zero attached hydrogens (tertiary/aromatic N) is 1. The van der Waals surface area contributed by atoms with Crippen molar-refractivity contribution in [3.8, 4) is 0 Å². The van der Waals surface area contributed by atoms with Gasteiger partial charge in [0.1, 0.15) is 11.0 Å². The van der Waals surface area contributed by atoms with Gasteiger partial charge in [0.15, 0.2) is 0 Å². The molecule has 0 amide bonds. The minimum Gasteiger partial charge on any atom is -0.320 e. The van der Waals surface area contributed by atoms with Gasteiger partial charge in [0.2, 0.25) is 0 Å². The lowest BCUT2D eigenvalue weighted by Gasteiger charge is -2.17. The molecule has 1 aliphatic rings. The Balaban J connectivity index is 2.35. The van der Waals surface area contributed by atoms with Crippen molar-refractivity contribution in [2.24, 2.45) is 4.99 Å². The minimum atomic E-state index is -0.170. The Hall–Kier alpha value is -1.19. The van der Waals surface area contributed by atoms with Crippen LogP contribution in [0.3, 0.4) is 0 Å². The van der Waals surface area contributed by atoms with Crippen LogP contribution >= 0.6 is 11.6 Å². The monoisotopic (exact) mass is 308 g/mol. The molecule has 0 spiro atoms. The van der Waals surface area contributed by atoms with E-state index >= 15 is 0 Å². The van der Waals surface area contributed by atoms with Gasteiger partial charge in [-0.3, -0.25) is 0 Å². The molecule has 0 unspecified atom stereocenters. The van der Waals surface area contributed by atoms with Crippen LogP contribution in [-0.2, 0) is 6.42 Å². The van der Waals surface area contributed by atoms with Gasteiger partial charge in [-0.25, -0.2) is 9.38 Å². The second kappa shape index (κ2) is 7.19. The maximum atomic E-state index is 13.7. The second-order valence-corrected chi connectivity index (χ2v) is 5.96. The van der Waals surface area contributed by atoms with E-state index in [-0.39, 0.29) is 5.82 Å². The summed E-state index contributed by atoms with van der Waals surface area (Å²) in [6.07, 6.45) is 3.66. The summed E-state index contributed by atoms with van der Waals surface area (Å²) >= 11 is 6.43. The minimum absolute atomic E-state index is 0.170. The van der Waals surface area contributed by atoms with E-state index < -0.39 is 0 Å². The van der Waals surface area contributed by atoms with Crippen molar-refractivity contribution < 1.29 is 4.39 Å². The fourth-order valence-electron chi connectivity index (χ4n) is 2.59. The highest BCUT2D eigenvalue weighted by molar-refractivity contribution is 6.69. The number of halogens is 2. The largest absolute Gasteiger partial charge is 0.320 e. The number of aliphatic imine (C=N–C) groups is 1. The van der Waals surface area contributed by atoms with E-state index in [4.69, 9.17) is 11.6 Å². The fourth-order valence-corrected chi connectivity index (χ4v) is 2.94. The fraction of sp³-hybridized carbons (Fsp3) is 0.471. The number of hydrogen-bond donors (Lipinski definition) is 1. The van der Waals surface area contributed by atoms with Crippen LogP contribution in [0, 0.1) is 12.7 Å². The molecule has 1 aliphatic heterocycles. The number of allylic oxidation sites excluding steroid dienone is 2. The Morgan fingerprint density at radius 2 is 2.05 bits per heavy atom. The zero-order valence-electron chi connectivity index (χ0n) is 12.9. The topological polar surface area (TPSA) is 24.4 Å². The van der Waals surface area contributed by atoms with Gasteiger partial charge >= 0.3 is 0 Å². The molecular weight excluding hydrogens is 287 g/mol. The van der Waals surface area contributed by atoms with Gasteiger partial charge in [-0.15, -0.1) is 0 Å². The second-order valence-electron chi connectivity index (χ2n) is 5.60. The molecule has 1 aromatic carbocycles. The van der Waals surface area contributed by atoms with Crippen molar-refractivity contribution in [2.45, 2.75) is 39.5 Å². The van der Waals surface area contributed by atoms with Crippen molar-refractivity contribution >= 4 is 22.5 Å². The molecule has 0 bridgehead atoms. The van der Waals surface area contributed by atoms with E-state index in [1.165, 1.54) is 5.57 Å². The van der Waals surface area contributed by atoms with Crippen LogP contribution in [-0.4, -0.2) is 18.8 Å². The summed E-state index contributed by atoms with van der Waals surface area (Å²) in [5.41, 5.74) is 4.74. The summed E-state index contributed by atoms with van der Waals surface area (Å²) in [6, 6.07) is 3.39. The van der Waals surface area contributed by atoms with Crippen LogP contribution in [0.4, 0.5) is 10.1 Å². The Bertz CT molecular complexity index is 591. The van der Waals surface area contributed by atoms with Gasteiger partial charge in [0.25, 0.3) is 0 Å². The SMILES string of the molecule is CNCCCC1=C(C)CCc2cc(F)c(C)cc2N=C1Cl. The Kier molecular flexibility index (Phi) is 5.54. The molecule has 0 saturated carbocycles. The summed E-state index contributed by atoms with van der Waals surface area (Å²) in [7, 11) is 1.95. The number of aryl methyl sites for hydroxylation is 2. The molecule has 2 rings (SSSR count). The first-order valence-corrected chi connectivity index (χ1v) is 7.77. The molecule has 4 heteroatoms. The van der Waals surface area contributed by atoms with Crippen LogP contribution in [0.5, 0.6) is 0 Å². The molecule has 0 fully saturated rings. The van der Waals surface area contributed by atoms with Gasteiger partial charge in [-0.1, -0.05) is 17.2 Å². The summed E-state index contributed by atoms with van der Waals surface area (Å²) in [4.78, 5) is 4.55. The zero-order valence-corrected chi connectivity index (χ0v) is 13.6. The van der Waals surface area contributed by atoms with Crippen molar-refractivity contribution in [1.29, 1.82) is 0 Å². The van der Waals surface area contributed by atoms with E-state index in [9.17, 15) is 4.39 Å². The molecule has 2 nitrogen and oxygen atoms in total. The lowest BCUT2D eigenvalue weighted by Crippen LogP contribution is -2.10. The smallest absolute Gasteiger partial charge is 0.132 e. The molecule has 1 aromatic rings. The normalized spacial score (nSPS) is 15.4. The molecule has 0 saturated heterocycles. The highest BCUT2D eigenvalue weighted by Gasteiger charge is 2.15. The van der Waals surface area contributed by atoms with Crippen molar-refractivity contribution in [1.82, 2.24) is 5.32 Å².